The number of hydrogen-bond acceptors (Lipinski definition) is 3. The predicted molar refractivity (Wildman–Crippen MR) is 107 cm³/mol. The molecule has 1 heterocycles. The van der Waals surface area contributed by atoms with Crippen molar-refractivity contribution in [1.82, 2.24) is 4.31 Å². The molecule has 1 aliphatic rings. The van der Waals surface area contributed by atoms with E-state index in [4.69, 9.17) is 0 Å². The molecular weight excluding hydrogens is 360 g/mol. The summed E-state index contributed by atoms with van der Waals surface area (Å²) in [6.45, 7) is 3.26. The van der Waals surface area contributed by atoms with Gasteiger partial charge >= 0.3 is 0 Å². The minimum atomic E-state index is -3.43. The van der Waals surface area contributed by atoms with Gasteiger partial charge in [0.2, 0.25) is 15.9 Å². The van der Waals surface area contributed by atoms with E-state index in [2.05, 4.69) is 12.2 Å². The second-order valence-corrected chi connectivity index (χ2v) is 8.82. The molecule has 0 spiro atoms. The molecule has 0 aliphatic carbocycles. The Kier molecular flexibility index (Phi) is 6.29. The van der Waals surface area contributed by atoms with Crippen LogP contribution in [0.3, 0.4) is 0 Å². The first-order valence-corrected chi connectivity index (χ1v) is 10.9. The maximum absolute atomic E-state index is 12.7. The van der Waals surface area contributed by atoms with Crippen molar-refractivity contribution >= 4 is 21.6 Å². The second kappa shape index (κ2) is 8.67. The molecule has 0 radical (unpaired) electrons. The first-order chi connectivity index (χ1) is 13.0. The number of nitrogens with one attached hydrogen (secondary N) is 1. The fourth-order valence-corrected chi connectivity index (χ4v) is 4.77. The minimum Gasteiger partial charge on any atom is -0.326 e. The highest BCUT2D eigenvalue weighted by Gasteiger charge is 2.25. The highest BCUT2D eigenvalue weighted by molar-refractivity contribution is 7.89. The van der Waals surface area contributed by atoms with Crippen LogP contribution in [-0.2, 0) is 27.7 Å². The van der Waals surface area contributed by atoms with Crippen LogP contribution in [0.5, 0.6) is 0 Å². The molecule has 144 valence electrons. The number of aryl methyl sites for hydroxylation is 1. The van der Waals surface area contributed by atoms with E-state index in [1.807, 2.05) is 24.3 Å². The molecule has 0 unspecified atom stereocenters. The van der Waals surface area contributed by atoms with Gasteiger partial charge < -0.3 is 5.32 Å². The van der Waals surface area contributed by atoms with E-state index in [-0.39, 0.29) is 12.3 Å². The van der Waals surface area contributed by atoms with Gasteiger partial charge in [-0.05, 0) is 54.7 Å². The Bertz CT molecular complexity index is 869. The summed E-state index contributed by atoms with van der Waals surface area (Å²) in [5.74, 6) is -0.120. The summed E-state index contributed by atoms with van der Waals surface area (Å²) in [7, 11) is -3.43. The Morgan fingerprint density at radius 3 is 2.11 bits per heavy atom. The van der Waals surface area contributed by atoms with Crippen LogP contribution in [0.4, 0.5) is 5.69 Å². The number of carbonyl (C=O) groups is 1. The summed E-state index contributed by atoms with van der Waals surface area (Å²) in [5.41, 5.74) is 2.77. The van der Waals surface area contributed by atoms with Crippen molar-refractivity contribution in [2.75, 3.05) is 18.4 Å². The van der Waals surface area contributed by atoms with Crippen LogP contribution in [-0.4, -0.2) is 31.7 Å². The van der Waals surface area contributed by atoms with Crippen molar-refractivity contribution in [1.29, 1.82) is 0 Å². The Balaban J connectivity index is 1.61. The zero-order chi connectivity index (χ0) is 19.3. The van der Waals surface area contributed by atoms with Gasteiger partial charge in [0, 0.05) is 18.8 Å². The average Bonchev–Trinajstić information content (AvgIpc) is 2.69. The van der Waals surface area contributed by atoms with Crippen LogP contribution in [0.25, 0.3) is 0 Å². The lowest BCUT2D eigenvalue weighted by atomic mass is 10.1. The molecule has 1 N–H and O–H groups in total. The smallest absolute Gasteiger partial charge is 0.243 e. The molecule has 5 nitrogen and oxygen atoms in total. The highest BCUT2D eigenvalue weighted by atomic mass is 32.2. The molecule has 3 rings (SSSR count). The minimum absolute atomic E-state index is 0.120. The quantitative estimate of drug-likeness (QED) is 0.825. The van der Waals surface area contributed by atoms with Crippen molar-refractivity contribution in [2.45, 2.75) is 43.9 Å². The number of hydrogen-bond donors (Lipinski definition) is 1. The van der Waals surface area contributed by atoms with E-state index in [1.165, 1.54) is 5.56 Å². The Hall–Kier alpha value is -2.18. The van der Waals surface area contributed by atoms with Gasteiger partial charge in [-0.1, -0.05) is 37.6 Å². The van der Waals surface area contributed by atoms with Crippen LogP contribution in [0.15, 0.2) is 53.4 Å². The first-order valence-electron chi connectivity index (χ1n) is 9.47. The van der Waals surface area contributed by atoms with Crippen LogP contribution in [0.2, 0.25) is 0 Å². The Morgan fingerprint density at radius 1 is 0.926 bits per heavy atom. The molecule has 1 saturated heterocycles. The monoisotopic (exact) mass is 386 g/mol. The summed E-state index contributed by atoms with van der Waals surface area (Å²) in [6, 6.07) is 14.4. The Labute approximate surface area is 161 Å². The van der Waals surface area contributed by atoms with Crippen molar-refractivity contribution in [3.05, 3.63) is 59.7 Å². The van der Waals surface area contributed by atoms with Crippen molar-refractivity contribution < 1.29 is 13.2 Å². The molecule has 6 heteroatoms. The molecule has 0 bridgehead atoms. The molecule has 2 aromatic rings. The largest absolute Gasteiger partial charge is 0.326 e. The van der Waals surface area contributed by atoms with Crippen LogP contribution < -0.4 is 5.32 Å². The van der Waals surface area contributed by atoms with Gasteiger partial charge in [-0.3, -0.25) is 4.79 Å². The van der Waals surface area contributed by atoms with Crippen LogP contribution >= 0.6 is 0 Å². The second-order valence-electron chi connectivity index (χ2n) is 6.88. The topological polar surface area (TPSA) is 66.5 Å². The third-order valence-electron chi connectivity index (χ3n) is 4.89. The number of sulfonamides is 1. The van der Waals surface area contributed by atoms with E-state index in [0.717, 1.165) is 36.9 Å². The third kappa shape index (κ3) is 4.96. The number of amides is 1. The predicted octanol–water partition coefficient (Wildman–Crippen LogP) is 3.60. The standard InChI is InChI=1S/C21H26N2O3S/c1-2-17-6-10-19(11-7-17)22-21(24)16-18-8-12-20(13-9-18)27(25,26)23-14-4-3-5-15-23/h6-13H,2-5,14-16H2,1H3,(H,22,24). The lowest BCUT2D eigenvalue weighted by molar-refractivity contribution is -0.115. The van der Waals surface area contributed by atoms with Crippen LogP contribution in [0.1, 0.15) is 37.3 Å². The van der Waals surface area contributed by atoms with Crippen molar-refractivity contribution in [3.63, 3.8) is 0 Å². The molecular formula is C21H26N2O3S. The summed E-state index contributed by atoms with van der Waals surface area (Å²) >= 11 is 0. The SMILES string of the molecule is CCc1ccc(NC(=O)Cc2ccc(S(=O)(=O)N3CCCCC3)cc2)cc1. The summed E-state index contributed by atoms with van der Waals surface area (Å²) < 4.78 is 26.9. The summed E-state index contributed by atoms with van der Waals surface area (Å²) in [5, 5.41) is 2.87. The normalized spacial score (nSPS) is 15.4. The van der Waals surface area contributed by atoms with Gasteiger partial charge in [0.15, 0.2) is 0 Å². The molecule has 27 heavy (non-hydrogen) atoms. The third-order valence-corrected chi connectivity index (χ3v) is 6.80. The zero-order valence-electron chi connectivity index (χ0n) is 15.6. The zero-order valence-corrected chi connectivity index (χ0v) is 16.5. The fourth-order valence-electron chi connectivity index (χ4n) is 3.25. The fraction of sp³-hybridized carbons (Fsp3) is 0.381. The van der Waals surface area contributed by atoms with Crippen LogP contribution in [0, 0.1) is 0 Å². The van der Waals surface area contributed by atoms with Crippen molar-refractivity contribution in [3.8, 4) is 0 Å². The molecule has 0 atom stereocenters. The van der Waals surface area contributed by atoms with Gasteiger partial charge in [-0.25, -0.2) is 8.42 Å². The molecule has 2 aromatic carbocycles. The number of rotatable bonds is 6. The lowest BCUT2D eigenvalue weighted by Crippen LogP contribution is -2.35. The number of benzene rings is 2. The van der Waals surface area contributed by atoms with E-state index >= 15 is 0 Å². The average molecular weight is 387 g/mol. The first kappa shape index (κ1) is 19.6. The van der Waals surface area contributed by atoms with E-state index in [9.17, 15) is 13.2 Å². The Morgan fingerprint density at radius 2 is 1.52 bits per heavy atom. The number of carbonyl (C=O) groups excluding carboxylic acids is 1. The molecule has 1 amide bonds. The molecule has 1 fully saturated rings. The van der Waals surface area contributed by atoms with E-state index in [0.29, 0.717) is 18.0 Å². The molecule has 1 aliphatic heterocycles. The number of anilines is 1. The van der Waals surface area contributed by atoms with E-state index < -0.39 is 10.0 Å². The summed E-state index contributed by atoms with van der Waals surface area (Å²) in [4.78, 5) is 12.5. The highest BCUT2D eigenvalue weighted by Crippen LogP contribution is 2.21. The van der Waals surface area contributed by atoms with Gasteiger partial charge in [-0.15, -0.1) is 0 Å². The van der Waals surface area contributed by atoms with Gasteiger partial charge in [-0.2, -0.15) is 4.31 Å². The lowest BCUT2D eigenvalue weighted by Gasteiger charge is -2.25. The van der Waals surface area contributed by atoms with E-state index in [1.54, 1.807) is 28.6 Å². The maximum Gasteiger partial charge on any atom is 0.243 e. The number of piperidine rings is 1. The van der Waals surface area contributed by atoms with Gasteiger partial charge in [0.1, 0.15) is 0 Å². The van der Waals surface area contributed by atoms with Gasteiger partial charge in [0.05, 0.1) is 11.3 Å². The van der Waals surface area contributed by atoms with Crippen molar-refractivity contribution in [2.24, 2.45) is 0 Å². The maximum atomic E-state index is 12.7. The summed E-state index contributed by atoms with van der Waals surface area (Å²) in [6.07, 6.45) is 4.08. The molecule has 0 aromatic heterocycles. The van der Waals surface area contributed by atoms with Gasteiger partial charge in [0.25, 0.3) is 0 Å². The number of nitrogens with zero attached hydrogens (tertiary/aromatic N) is 1. The molecule has 0 saturated carbocycles.